The van der Waals surface area contributed by atoms with Gasteiger partial charge < -0.3 is 20.5 Å². The van der Waals surface area contributed by atoms with Gasteiger partial charge >= 0.3 is 6.09 Å². The number of hydrogen-bond acceptors (Lipinski definition) is 6. The van der Waals surface area contributed by atoms with Crippen LogP contribution in [0.5, 0.6) is 0 Å². The summed E-state index contributed by atoms with van der Waals surface area (Å²) >= 11 is 6.14. The van der Waals surface area contributed by atoms with Gasteiger partial charge in [-0.1, -0.05) is 54.1 Å². The Morgan fingerprint density at radius 1 is 1.11 bits per heavy atom. The van der Waals surface area contributed by atoms with Gasteiger partial charge in [-0.05, 0) is 49.8 Å². The molecule has 0 saturated heterocycles. The molecule has 1 heterocycles. The van der Waals surface area contributed by atoms with Crippen LogP contribution in [0.2, 0.25) is 5.02 Å². The van der Waals surface area contributed by atoms with E-state index in [4.69, 9.17) is 16.3 Å². The minimum absolute atomic E-state index is 0.0499. The van der Waals surface area contributed by atoms with E-state index in [2.05, 4.69) is 20.9 Å². The number of aromatic nitrogens is 1. The molecular weight excluding hydrogens is 468 g/mol. The fraction of sp³-hybridized carbons (Fsp3) is 0.346. The van der Waals surface area contributed by atoms with Gasteiger partial charge in [-0.3, -0.25) is 10.1 Å². The maximum Gasteiger partial charge on any atom is 0.412 e. The molecule has 0 aliphatic heterocycles. The molecule has 35 heavy (non-hydrogen) atoms. The molecular formula is C26H31ClN4O4. The molecule has 0 aliphatic rings. The van der Waals surface area contributed by atoms with Gasteiger partial charge in [0.05, 0.1) is 18.2 Å². The van der Waals surface area contributed by atoms with E-state index in [0.29, 0.717) is 30.2 Å². The van der Waals surface area contributed by atoms with E-state index < -0.39 is 17.7 Å². The van der Waals surface area contributed by atoms with Crippen molar-refractivity contribution in [1.29, 1.82) is 0 Å². The van der Waals surface area contributed by atoms with E-state index in [-0.39, 0.29) is 19.1 Å². The van der Waals surface area contributed by atoms with Gasteiger partial charge in [0.2, 0.25) is 5.91 Å². The quantitative estimate of drug-likeness (QED) is 0.314. The lowest BCUT2D eigenvalue weighted by Crippen LogP contribution is -2.44. The van der Waals surface area contributed by atoms with Crippen LogP contribution in [-0.2, 0) is 16.1 Å². The number of nitrogens with zero attached hydrogens (tertiary/aromatic N) is 1. The Morgan fingerprint density at radius 3 is 2.57 bits per heavy atom. The molecule has 0 unspecified atom stereocenters. The average molecular weight is 499 g/mol. The second-order valence-electron chi connectivity index (χ2n) is 8.95. The van der Waals surface area contributed by atoms with E-state index in [1.165, 1.54) is 0 Å². The van der Waals surface area contributed by atoms with Crippen molar-refractivity contribution in [3.05, 3.63) is 71.4 Å². The van der Waals surface area contributed by atoms with E-state index in [1.807, 2.05) is 42.5 Å². The predicted molar refractivity (Wildman–Crippen MR) is 137 cm³/mol. The van der Waals surface area contributed by atoms with Gasteiger partial charge in [0.15, 0.2) is 0 Å². The summed E-state index contributed by atoms with van der Waals surface area (Å²) in [6, 6.07) is 16.4. The summed E-state index contributed by atoms with van der Waals surface area (Å²) in [5, 5.41) is 21.2. The largest absolute Gasteiger partial charge is 0.447 e. The lowest BCUT2D eigenvalue weighted by Gasteiger charge is -2.23. The topological polar surface area (TPSA) is 113 Å². The van der Waals surface area contributed by atoms with E-state index in [0.717, 1.165) is 16.3 Å². The SMILES string of the molecule is CC(C)(O)CC[C@@H](COC(=O)Nc1cc2ccccc2cn1)NC(=O)CNCc1ccccc1Cl. The molecule has 0 spiro atoms. The van der Waals surface area contributed by atoms with Gasteiger partial charge in [-0.15, -0.1) is 0 Å². The second kappa shape index (κ2) is 12.5. The maximum absolute atomic E-state index is 12.5. The van der Waals surface area contributed by atoms with Gasteiger partial charge in [-0.25, -0.2) is 9.78 Å². The second-order valence-corrected chi connectivity index (χ2v) is 9.36. The Balaban J connectivity index is 1.50. The normalized spacial score (nSPS) is 12.2. The molecule has 9 heteroatoms. The fourth-order valence-corrected chi connectivity index (χ4v) is 3.63. The van der Waals surface area contributed by atoms with Crippen LogP contribution in [0.15, 0.2) is 60.8 Å². The highest BCUT2D eigenvalue weighted by Crippen LogP contribution is 2.17. The lowest BCUT2D eigenvalue weighted by atomic mass is 9.99. The van der Waals surface area contributed by atoms with Crippen LogP contribution in [0.3, 0.4) is 0 Å². The zero-order valence-electron chi connectivity index (χ0n) is 19.9. The highest BCUT2D eigenvalue weighted by molar-refractivity contribution is 6.31. The predicted octanol–water partition coefficient (Wildman–Crippen LogP) is 4.26. The van der Waals surface area contributed by atoms with Crippen molar-refractivity contribution < 1.29 is 19.4 Å². The van der Waals surface area contributed by atoms with Crippen molar-refractivity contribution in [2.24, 2.45) is 0 Å². The first-order valence-electron chi connectivity index (χ1n) is 11.4. The summed E-state index contributed by atoms with van der Waals surface area (Å²) in [5.41, 5.74) is -0.0226. The third kappa shape index (κ3) is 9.16. The van der Waals surface area contributed by atoms with Crippen LogP contribution >= 0.6 is 11.6 Å². The van der Waals surface area contributed by atoms with Crippen molar-refractivity contribution >= 4 is 40.2 Å². The Morgan fingerprint density at radius 2 is 1.83 bits per heavy atom. The molecule has 3 aromatic rings. The molecule has 186 valence electrons. The Bertz CT molecular complexity index is 1150. The molecule has 0 aliphatic carbocycles. The van der Waals surface area contributed by atoms with Crippen LogP contribution in [-0.4, -0.2) is 46.9 Å². The van der Waals surface area contributed by atoms with E-state index in [9.17, 15) is 14.7 Å². The van der Waals surface area contributed by atoms with Crippen LogP contribution in [0.4, 0.5) is 10.6 Å². The minimum atomic E-state index is -0.914. The summed E-state index contributed by atoms with van der Waals surface area (Å²) < 4.78 is 5.35. The molecule has 4 N–H and O–H groups in total. The number of fused-ring (bicyclic) bond motifs is 1. The fourth-order valence-electron chi connectivity index (χ4n) is 3.42. The zero-order chi connectivity index (χ0) is 25.3. The van der Waals surface area contributed by atoms with Crippen molar-refractivity contribution in [2.75, 3.05) is 18.5 Å². The first-order valence-corrected chi connectivity index (χ1v) is 11.8. The standard InChI is InChI=1S/C26H31ClN4O4/c1-26(2,34)12-11-21(30-24(32)16-28-14-20-9-5-6-10-22(20)27)17-35-25(33)31-23-13-18-7-3-4-8-19(18)15-29-23/h3-10,13,15,21,28,34H,11-12,14,16-17H2,1-2H3,(H,30,32)(H,29,31,33)/t21-/m0/s1. The molecule has 0 bridgehead atoms. The molecule has 0 saturated carbocycles. The molecule has 1 atom stereocenters. The van der Waals surface area contributed by atoms with Crippen molar-refractivity contribution in [3.8, 4) is 0 Å². The number of anilines is 1. The number of nitrogens with one attached hydrogen (secondary N) is 3. The summed E-state index contributed by atoms with van der Waals surface area (Å²) in [6.07, 6.45) is 1.85. The number of aliphatic hydroxyl groups is 1. The van der Waals surface area contributed by atoms with Crippen LogP contribution in [0.25, 0.3) is 10.8 Å². The number of carbonyl (C=O) groups excluding carboxylic acids is 2. The summed E-state index contributed by atoms with van der Waals surface area (Å²) in [7, 11) is 0. The number of hydrogen-bond donors (Lipinski definition) is 4. The number of carbonyl (C=O) groups is 2. The van der Waals surface area contributed by atoms with Gasteiger partial charge in [-0.2, -0.15) is 0 Å². The summed E-state index contributed by atoms with van der Waals surface area (Å²) in [6.45, 7) is 3.84. The summed E-state index contributed by atoms with van der Waals surface area (Å²) in [5.74, 6) is 0.118. The van der Waals surface area contributed by atoms with Gasteiger partial charge in [0, 0.05) is 23.2 Å². The zero-order valence-corrected chi connectivity index (χ0v) is 20.6. The van der Waals surface area contributed by atoms with Crippen LogP contribution in [0.1, 0.15) is 32.3 Å². The third-order valence-corrected chi connectivity index (χ3v) is 5.67. The molecule has 3 rings (SSSR count). The third-order valence-electron chi connectivity index (χ3n) is 5.31. The molecule has 8 nitrogen and oxygen atoms in total. The molecule has 1 aromatic heterocycles. The highest BCUT2D eigenvalue weighted by atomic mass is 35.5. The lowest BCUT2D eigenvalue weighted by molar-refractivity contribution is -0.121. The van der Waals surface area contributed by atoms with Crippen molar-refractivity contribution in [2.45, 2.75) is 44.9 Å². The van der Waals surface area contributed by atoms with Crippen LogP contribution in [0, 0.1) is 0 Å². The Hall–Kier alpha value is -3.20. The smallest absolute Gasteiger partial charge is 0.412 e. The monoisotopic (exact) mass is 498 g/mol. The highest BCUT2D eigenvalue weighted by Gasteiger charge is 2.20. The minimum Gasteiger partial charge on any atom is -0.447 e. The molecule has 2 amide bonds. The van der Waals surface area contributed by atoms with E-state index >= 15 is 0 Å². The number of halogens is 1. The number of pyridine rings is 1. The van der Waals surface area contributed by atoms with Crippen molar-refractivity contribution in [1.82, 2.24) is 15.6 Å². The van der Waals surface area contributed by atoms with Crippen molar-refractivity contribution in [3.63, 3.8) is 0 Å². The average Bonchev–Trinajstić information content (AvgIpc) is 2.81. The number of rotatable bonds is 11. The molecule has 2 aromatic carbocycles. The number of amides is 2. The van der Waals surface area contributed by atoms with Gasteiger partial charge in [0.25, 0.3) is 0 Å². The Labute approximate surface area is 210 Å². The maximum atomic E-state index is 12.5. The van der Waals surface area contributed by atoms with E-state index in [1.54, 1.807) is 32.2 Å². The summed E-state index contributed by atoms with van der Waals surface area (Å²) in [4.78, 5) is 29.0. The molecule has 0 radical (unpaired) electrons. The molecule has 0 fully saturated rings. The first-order chi connectivity index (χ1) is 16.7. The number of ether oxygens (including phenoxy) is 1. The first kappa shape index (κ1) is 26.4. The van der Waals surface area contributed by atoms with Gasteiger partial charge in [0.1, 0.15) is 12.4 Å². The number of benzene rings is 2. The van der Waals surface area contributed by atoms with Crippen LogP contribution < -0.4 is 16.0 Å². The Kier molecular flexibility index (Phi) is 9.42.